The lowest BCUT2D eigenvalue weighted by atomic mass is 10.2. The number of rotatable bonds is 5. The highest BCUT2D eigenvalue weighted by molar-refractivity contribution is 7.84. The smallest absolute Gasteiger partial charge is 0.123 e. The summed E-state index contributed by atoms with van der Waals surface area (Å²) in [6.45, 7) is 2.74. The summed E-state index contributed by atoms with van der Waals surface area (Å²) in [4.78, 5) is 5.38. The highest BCUT2D eigenvalue weighted by Gasteiger charge is 2.04. The summed E-state index contributed by atoms with van der Waals surface area (Å²) in [6, 6.07) is 16.2. The number of nitrogens with one attached hydrogen (secondary N) is 1. The number of anilines is 1. The molecule has 0 saturated heterocycles. The van der Waals surface area contributed by atoms with Crippen LogP contribution in [0.25, 0.3) is 10.6 Å². The van der Waals surface area contributed by atoms with Crippen LogP contribution in [0.5, 0.6) is 0 Å². The zero-order valence-electron chi connectivity index (χ0n) is 13.1. The molecule has 1 aromatic heterocycles. The summed E-state index contributed by atoms with van der Waals surface area (Å²) < 4.78 is 11.4. The van der Waals surface area contributed by atoms with Crippen molar-refractivity contribution < 1.29 is 4.21 Å². The first-order valence-electron chi connectivity index (χ1n) is 7.30. The molecule has 0 aliphatic heterocycles. The average molecular weight is 342 g/mol. The first-order chi connectivity index (χ1) is 11.1. The molecule has 0 unspecified atom stereocenters. The van der Waals surface area contributed by atoms with Gasteiger partial charge in [0.05, 0.1) is 0 Å². The summed E-state index contributed by atoms with van der Waals surface area (Å²) in [6.07, 6.45) is 1.69. The fraction of sp³-hybridized carbons (Fsp3) is 0.167. The minimum absolute atomic E-state index is 0.733. The molecule has 3 rings (SSSR count). The summed E-state index contributed by atoms with van der Waals surface area (Å²) in [5.74, 6) is 0. The molecule has 1 atom stereocenters. The van der Waals surface area contributed by atoms with Crippen LogP contribution in [0, 0.1) is 6.92 Å². The second-order valence-electron chi connectivity index (χ2n) is 5.33. The van der Waals surface area contributed by atoms with Crippen molar-refractivity contribution in [2.45, 2.75) is 18.4 Å². The van der Waals surface area contributed by atoms with Crippen molar-refractivity contribution in [3.63, 3.8) is 0 Å². The Kier molecular flexibility index (Phi) is 4.88. The fourth-order valence-corrected chi connectivity index (χ4v) is 3.57. The second kappa shape index (κ2) is 7.06. The van der Waals surface area contributed by atoms with E-state index in [4.69, 9.17) is 0 Å². The van der Waals surface area contributed by atoms with Crippen LogP contribution >= 0.6 is 11.3 Å². The Hall–Kier alpha value is -1.98. The predicted molar refractivity (Wildman–Crippen MR) is 98.4 cm³/mol. The van der Waals surface area contributed by atoms with E-state index in [1.165, 1.54) is 0 Å². The molecular weight excluding hydrogens is 324 g/mol. The van der Waals surface area contributed by atoms with Crippen LogP contribution in [0.15, 0.2) is 58.8 Å². The second-order valence-corrected chi connectivity index (χ2v) is 7.56. The van der Waals surface area contributed by atoms with Gasteiger partial charge in [-0.1, -0.05) is 24.3 Å². The van der Waals surface area contributed by atoms with Crippen molar-refractivity contribution in [1.29, 1.82) is 0 Å². The first kappa shape index (κ1) is 15.9. The largest absolute Gasteiger partial charge is 0.381 e. The Labute approximate surface area is 142 Å². The van der Waals surface area contributed by atoms with E-state index in [-0.39, 0.29) is 0 Å². The average Bonchev–Trinajstić information content (AvgIpc) is 3.00. The number of nitrogens with zero attached hydrogens (tertiary/aromatic N) is 1. The van der Waals surface area contributed by atoms with Crippen LogP contribution in [0.3, 0.4) is 0 Å². The molecule has 118 valence electrons. The number of hydrogen-bond donors (Lipinski definition) is 1. The van der Waals surface area contributed by atoms with Gasteiger partial charge in [-0.05, 0) is 36.8 Å². The molecule has 0 aliphatic carbocycles. The Balaban J connectivity index is 1.69. The molecule has 23 heavy (non-hydrogen) atoms. The maximum atomic E-state index is 11.4. The SMILES string of the molecule is Cc1csc(-c2cccc(NCc3ccc([S@@](C)=O)cc3)c2)n1. The zero-order chi connectivity index (χ0) is 16.2. The molecule has 0 radical (unpaired) electrons. The first-order valence-corrected chi connectivity index (χ1v) is 9.74. The predicted octanol–water partition coefficient (Wildman–Crippen LogP) is 4.47. The van der Waals surface area contributed by atoms with Gasteiger partial charge in [-0.25, -0.2) is 4.98 Å². The van der Waals surface area contributed by atoms with E-state index in [0.717, 1.165) is 39.0 Å². The lowest BCUT2D eigenvalue weighted by molar-refractivity contribution is 0.687. The normalized spacial score (nSPS) is 12.1. The minimum atomic E-state index is -0.926. The highest BCUT2D eigenvalue weighted by Crippen LogP contribution is 2.26. The van der Waals surface area contributed by atoms with Crippen molar-refractivity contribution in [3.8, 4) is 10.6 Å². The summed E-state index contributed by atoms with van der Waals surface area (Å²) in [5.41, 5.74) is 4.41. The van der Waals surface area contributed by atoms with Gasteiger partial charge in [0.1, 0.15) is 5.01 Å². The van der Waals surface area contributed by atoms with Crippen LogP contribution in [0.1, 0.15) is 11.3 Å². The van der Waals surface area contributed by atoms with E-state index in [0.29, 0.717) is 0 Å². The summed E-state index contributed by atoms with van der Waals surface area (Å²) in [5, 5.41) is 6.53. The monoisotopic (exact) mass is 342 g/mol. The lowest BCUT2D eigenvalue weighted by Crippen LogP contribution is -1.99. The van der Waals surface area contributed by atoms with Gasteiger partial charge in [-0.2, -0.15) is 0 Å². The molecule has 0 bridgehead atoms. The number of aromatic nitrogens is 1. The van der Waals surface area contributed by atoms with Crippen LogP contribution in [-0.4, -0.2) is 15.4 Å². The number of hydrogen-bond acceptors (Lipinski definition) is 4. The molecule has 0 aliphatic rings. The van der Waals surface area contributed by atoms with Crippen LogP contribution in [0.4, 0.5) is 5.69 Å². The van der Waals surface area contributed by atoms with E-state index in [9.17, 15) is 4.21 Å². The number of aryl methyl sites for hydroxylation is 1. The molecule has 0 amide bonds. The van der Waals surface area contributed by atoms with Crippen LogP contribution in [0.2, 0.25) is 0 Å². The van der Waals surface area contributed by atoms with Gasteiger partial charge in [-0.3, -0.25) is 4.21 Å². The quantitative estimate of drug-likeness (QED) is 0.744. The lowest BCUT2D eigenvalue weighted by Gasteiger charge is -2.08. The zero-order valence-corrected chi connectivity index (χ0v) is 14.7. The molecular formula is C18H18N2OS2. The number of benzene rings is 2. The Bertz CT molecular complexity index is 825. The van der Waals surface area contributed by atoms with Gasteiger partial charge < -0.3 is 5.32 Å². The van der Waals surface area contributed by atoms with Gasteiger partial charge >= 0.3 is 0 Å². The third-order valence-corrected chi connectivity index (χ3v) is 5.43. The Morgan fingerprint density at radius 1 is 1.17 bits per heavy atom. The summed E-state index contributed by atoms with van der Waals surface area (Å²) >= 11 is 1.66. The molecule has 5 heteroatoms. The van der Waals surface area contributed by atoms with Gasteiger partial charge in [-0.15, -0.1) is 11.3 Å². The van der Waals surface area contributed by atoms with Gasteiger partial charge in [0.15, 0.2) is 0 Å². The third kappa shape index (κ3) is 4.06. The molecule has 2 aromatic carbocycles. The minimum Gasteiger partial charge on any atom is -0.381 e. The standard InChI is InChI=1S/C18H18N2OS2/c1-13-12-22-18(20-13)15-4-3-5-16(10-15)19-11-14-6-8-17(9-7-14)23(2)21/h3-10,12,19H,11H2,1-2H3/t23-/m1/s1. The summed E-state index contributed by atoms with van der Waals surface area (Å²) in [7, 11) is -0.926. The van der Waals surface area contributed by atoms with E-state index in [1.807, 2.05) is 37.3 Å². The van der Waals surface area contributed by atoms with Crippen molar-refractivity contribution >= 4 is 27.8 Å². The van der Waals surface area contributed by atoms with Crippen molar-refractivity contribution in [2.75, 3.05) is 11.6 Å². The molecule has 0 saturated carbocycles. The fourth-order valence-electron chi connectivity index (χ4n) is 2.25. The van der Waals surface area contributed by atoms with E-state index >= 15 is 0 Å². The van der Waals surface area contributed by atoms with Crippen molar-refractivity contribution in [1.82, 2.24) is 4.98 Å². The van der Waals surface area contributed by atoms with Gasteiger partial charge in [0, 0.05) is 50.8 Å². The maximum Gasteiger partial charge on any atom is 0.123 e. The van der Waals surface area contributed by atoms with Gasteiger partial charge in [0.25, 0.3) is 0 Å². The molecule has 0 fully saturated rings. The van der Waals surface area contributed by atoms with Crippen molar-refractivity contribution in [2.24, 2.45) is 0 Å². The van der Waals surface area contributed by atoms with Crippen LogP contribution in [-0.2, 0) is 17.3 Å². The molecule has 3 nitrogen and oxygen atoms in total. The third-order valence-electron chi connectivity index (χ3n) is 3.48. The maximum absolute atomic E-state index is 11.4. The topological polar surface area (TPSA) is 42.0 Å². The van der Waals surface area contributed by atoms with E-state index < -0.39 is 10.8 Å². The number of thiazole rings is 1. The van der Waals surface area contributed by atoms with E-state index in [2.05, 4.69) is 33.9 Å². The molecule has 0 spiro atoms. The van der Waals surface area contributed by atoms with Crippen LogP contribution < -0.4 is 5.32 Å². The van der Waals surface area contributed by atoms with Crippen molar-refractivity contribution in [3.05, 3.63) is 65.2 Å². The molecule has 1 heterocycles. The van der Waals surface area contributed by atoms with E-state index in [1.54, 1.807) is 17.6 Å². The Morgan fingerprint density at radius 2 is 1.96 bits per heavy atom. The highest BCUT2D eigenvalue weighted by atomic mass is 32.2. The van der Waals surface area contributed by atoms with Gasteiger partial charge in [0.2, 0.25) is 0 Å². The Morgan fingerprint density at radius 3 is 2.61 bits per heavy atom. The molecule has 3 aromatic rings. The molecule has 1 N–H and O–H groups in total.